The maximum atomic E-state index is 12.5. The van der Waals surface area contributed by atoms with E-state index in [-0.39, 0.29) is 12.2 Å². The van der Waals surface area contributed by atoms with Crippen molar-refractivity contribution in [3.8, 4) is 11.5 Å². The molecule has 0 saturated heterocycles. The van der Waals surface area contributed by atoms with E-state index in [1.54, 1.807) is 24.4 Å². The van der Waals surface area contributed by atoms with E-state index in [2.05, 4.69) is 15.0 Å². The maximum Gasteiger partial charge on any atom is 0.169 e. The first-order valence-corrected chi connectivity index (χ1v) is 7.66. The summed E-state index contributed by atoms with van der Waals surface area (Å²) >= 11 is 6.10. The Balaban J connectivity index is 1.80. The third-order valence-electron chi connectivity index (χ3n) is 3.28. The van der Waals surface area contributed by atoms with Gasteiger partial charge in [-0.1, -0.05) is 17.7 Å². The number of hydrogen-bond donors (Lipinski definition) is 0. The van der Waals surface area contributed by atoms with Gasteiger partial charge in [0.15, 0.2) is 11.5 Å². The van der Waals surface area contributed by atoms with Crippen LogP contribution in [0.15, 0.2) is 55.2 Å². The van der Waals surface area contributed by atoms with Gasteiger partial charge in [0, 0.05) is 22.5 Å². The highest BCUT2D eigenvalue weighted by Crippen LogP contribution is 2.26. The molecular weight excluding hydrogens is 326 g/mol. The molecule has 0 aliphatic rings. The SMILES string of the molecule is Cc1ccc(CC(=O)c2cc(Cl)cc(Oc3cncnc3)c2)nc1. The van der Waals surface area contributed by atoms with E-state index in [4.69, 9.17) is 16.3 Å². The van der Waals surface area contributed by atoms with E-state index in [1.807, 2.05) is 19.1 Å². The van der Waals surface area contributed by atoms with Gasteiger partial charge >= 0.3 is 0 Å². The molecule has 0 saturated carbocycles. The van der Waals surface area contributed by atoms with Gasteiger partial charge in [0.05, 0.1) is 18.8 Å². The molecule has 0 atom stereocenters. The lowest BCUT2D eigenvalue weighted by atomic mass is 10.1. The number of carbonyl (C=O) groups is 1. The van der Waals surface area contributed by atoms with E-state index >= 15 is 0 Å². The molecule has 0 spiro atoms. The molecule has 24 heavy (non-hydrogen) atoms. The summed E-state index contributed by atoms with van der Waals surface area (Å²) in [6.07, 6.45) is 6.42. The van der Waals surface area contributed by atoms with Crippen LogP contribution in [0.4, 0.5) is 0 Å². The zero-order valence-corrected chi connectivity index (χ0v) is 13.7. The number of rotatable bonds is 5. The van der Waals surface area contributed by atoms with Gasteiger partial charge in [-0.3, -0.25) is 9.78 Å². The van der Waals surface area contributed by atoms with Crippen molar-refractivity contribution in [2.45, 2.75) is 13.3 Å². The fourth-order valence-corrected chi connectivity index (χ4v) is 2.35. The third-order valence-corrected chi connectivity index (χ3v) is 3.50. The number of Topliss-reactive ketones (excluding diaryl/α,β-unsaturated/α-hetero) is 1. The molecule has 3 aromatic rings. The van der Waals surface area contributed by atoms with Crippen molar-refractivity contribution in [3.63, 3.8) is 0 Å². The van der Waals surface area contributed by atoms with Crippen LogP contribution in [0.5, 0.6) is 11.5 Å². The maximum absolute atomic E-state index is 12.5. The number of aryl methyl sites for hydroxylation is 1. The highest BCUT2D eigenvalue weighted by molar-refractivity contribution is 6.31. The van der Waals surface area contributed by atoms with Crippen molar-refractivity contribution < 1.29 is 9.53 Å². The average molecular weight is 340 g/mol. The van der Waals surface area contributed by atoms with Crippen molar-refractivity contribution >= 4 is 17.4 Å². The molecule has 2 aromatic heterocycles. The summed E-state index contributed by atoms with van der Waals surface area (Å²) in [5, 5.41) is 0.421. The van der Waals surface area contributed by atoms with Gasteiger partial charge in [-0.15, -0.1) is 0 Å². The number of hydrogen-bond acceptors (Lipinski definition) is 5. The second-order valence-corrected chi connectivity index (χ2v) is 5.72. The number of pyridine rings is 1. The van der Waals surface area contributed by atoms with Crippen LogP contribution in [0.25, 0.3) is 0 Å². The quantitative estimate of drug-likeness (QED) is 0.656. The van der Waals surface area contributed by atoms with Gasteiger partial charge in [0.2, 0.25) is 0 Å². The van der Waals surface area contributed by atoms with Gasteiger partial charge in [-0.05, 0) is 36.8 Å². The molecule has 0 amide bonds. The van der Waals surface area contributed by atoms with Crippen molar-refractivity contribution in [1.82, 2.24) is 15.0 Å². The number of aromatic nitrogens is 3. The van der Waals surface area contributed by atoms with Crippen LogP contribution in [0.1, 0.15) is 21.6 Å². The first-order chi connectivity index (χ1) is 11.6. The van der Waals surface area contributed by atoms with Crippen LogP contribution in [-0.2, 0) is 6.42 Å². The Morgan fingerprint density at radius 2 is 1.88 bits per heavy atom. The number of benzene rings is 1. The predicted octanol–water partition coefficient (Wildman–Crippen LogP) is 4.05. The van der Waals surface area contributed by atoms with Crippen LogP contribution in [0.2, 0.25) is 5.02 Å². The van der Waals surface area contributed by atoms with Crippen LogP contribution in [0, 0.1) is 6.92 Å². The summed E-state index contributed by atoms with van der Waals surface area (Å²) in [5.74, 6) is 0.846. The zero-order chi connectivity index (χ0) is 16.9. The van der Waals surface area contributed by atoms with E-state index in [1.165, 1.54) is 18.7 Å². The van der Waals surface area contributed by atoms with E-state index in [0.717, 1.165) is 5.56 Å². The minimum absolute atomic E-state index is 0.0805. The number of carbonyl (C=O) groups excluding carboxylic acids is 1. The summed E-state index contributed by atoms with van der Waals surface area (Å²) in [7, 11) is 0. The molecule has 5 nitrogen and oxygen atoms in total. The monoisotopic (exact) mass is 339 g/mol. The predicted molar refractivity (Wildman–Crippen MR) is 90.6 cm³/mol. The van der Waals surface area contributed by atoms with Crippen molar-refractivity contribution in [2.24, 2.45) is 0 Å². The minimum Gasteiger partial charge on any atom is -0.454 e. The summed E-state index contributed by atoms with van der Waals surface area (Å²) in [6.45, 7) is 1.95. The Morgan fingerprint density at radius 3 is 2.58 bits per heavy atom. The summed E-state index contributed by atoms with van der Waals surface area (Å²) in [5.41, 5.74) is 2.23. The molecule has 2 heterocycles. The second kappa shape index (κ2) is 7.19. The number of halogens is 1. The van der Waals surface area contributed by atoms with Crippen LogP contribution < -0.4 is 4.74 Å². The van der Waals surface area contributed by atoms with Crippen molar-refractivity contribution in [1.29, 1.82) is 0 Å². The summed E-state index contributed by atoms with van der Waals surface area (Å²) in [6, 6.07) is 8.67. The summed E-state index contributed by atoms with van der Waals surface area (Å²) < 4.78 is 5.64. The normalized spacial score (nSPS) is 10.4. The van der Waals surface area contributed by atoms with Gasteiger partial charge in [0.1, 0.15) is 12.1 Å². The highest BCUT2D eigenvalue weighted by atomic mass is 35.5. The standard InChI is InChI=1S/C18H14ClN3O2/c1-12-2-3-15(22-8-12)7-18(23)13-4-14(19)6-16(5-13)24-17-9-20-11-21-10-17/h2-6,8-11H,7H2,1H3. The van der Waals surface area contributed by atoms with Crippen LogP contribution >= 0.6 is 11.6 Å². The number of ether oxygens (including phenoxy) is 1. The van der Waals surface area contributed by atoms with E-state index in [9.17, 15) is 4.79 Å². The first-order valence-electron chi connectivity index (χ1n) is 7.28. The fraction of sp³-hybridized carbons (Fsp3) is 0.111. The fourth-order valence-electron chi connectivity index (χ4n) is 2.13. The second-order valence-electron chi connectivity index (χ2n) is 5.28. The molecular formula is C18H14ClN3O2. The third kappa shape index (κ3) is 4.14. The molecule has 120 valence electrons. The van der Waals surface area contributed by atoms with E-state index < -0.39 is 0 Å². The smallest absolute Gasteiger partial charge is 0.169 e. The molecule has 6 heteroatoms. The Labute approximate surface area is 144 Å². The molecule has 0 radical (unpaired) electrons. The average Bonchev–Trinajstić information content (AvgIpc) is 2.57. The van der Waals surface area contributed by atoms with E-state index in [0.29, 0.717) is 27.8 Å². The molecule has 0 N–H and O–H groups in total. The van der Waals surface area contributed by atoms with Crippen molar-refractivity contribution in [2.75, 3.05) is 0 Å². The van der Waals surface area contributed by atoms with Gasteiger partial charge in [-0.2, -0.15) is 0 Å². The van der Waals surface area contributed by atoms with Gasteiger partial charge < -0.3 is 4.74 Å². The van der Waals surface area contributed by atoms with Crippen molar-refractivity contribution in [3.05, 3.63) is 77.1 Å². The lowest BCUT2D eigenvalue weighted by molar-refractivity contribution is 0.0991. The highest BCUT2D eigenvalue weighted by Gasteiger charge is 2.11. The molecule has 0 bridgehead atoms. The molecule has 0 aliphatic heterocycles. The minimum atomic E-state index is -0.0805. The number of nitrogens with zero attached hydrogens (tertiary/aromatic N) is 3. The molecule has 0 unspecified atom stereocenters. The first kappa shape index (κ1) is 16.1. The number of ketones is 1. The molecule has 3 rings (SSSR count). The van der Waals surface area contributed by atoms with Gasteiger partial charge in [0.25, 0.3) is 0 Å². The topological polar surface area (TPSA) is 65.0 Å². The Kier molecular flexibility index (Phi) is 4.82. The summed E-state index contributed by atoms with van der Waals surface area (Å²) in [4.78, 5) is 24.5. The Hall–Kier alpha value is -2.79. The Bertz CT molecular complexity index is 852. The molecule has 1 aromatic carbocycles. The van der Waals surface area contributed by atoms with Crippen LogP contribution in [-0.4, -0.2) is 20.7 Å². The molecule has 0 fully saturated rings. The van der Waals surface area contributed by atoms with Gasteiger partial charge in [-0.25, -0.2) is 9.97 Å². The van der Waals surface area contributed by atoms with Crippen LogP contribution in [0.3, 0.4) is 0 Å². The lowest BCUT2D eigenvalue weighted by Crippen LogP contribution is -2.05. The zero-order valence-electron chi connectivity index (χ0n) is 12.9. The largest absolute Gasteiger partial charge is 0.454 e. The lowest BCUT2D eigenvalue weighted by Gasteiger charge is -2.08. The Morgan fingerprint density at radius 1 is 1.08 bits per heavy atom. The molecule has 0 aliphatic carbocycles.